The lowest BCUT2D eigenvalue weighted by atomic mass is 9.88. The smallest absolute Gasteiger partial charge is 0.193 e. The van der Waals surface area contributed by atoms with Crippen LogP contribution in [-0.2, 0) is 9.47 Å². The van der Waals surface area contributed by atoms with Crippen molar-refractivity contribution in [1.82, 2.24) is 0 Å². The molecule has 0 aliphatic carbocycles. The molecule has 3 nitrogen and oxygen atoms in total. The summed E-state index contributed by atoms with van der Waals surface area (Å²) in [5.41, 5.74) is 5.18. The molecule has 0 aliphatic rings. The molecule has 2 unspecified atom stereocenters. The van der Waals surface area contributed by atoms with Gasteiger partial charge in [-0.25, -0.2) is 0 Å². The molecule has 38 heavy (non-hydrogen) atoms. The summed E-state index contributed by atoms with van der Waals surface area (Å²) in [5, 5.41) is 0. The van der Waals surface area contributed by atoms with E-state index < -0.39 is 0 Å². The molecule has 0 saturated heterocycles. The van der Waals surface area contributed by atoms with Gasteiger partial charge in [0.05, 0.1) is 0 Å². The van der Waals surface area contributed by atoms with Crippen molar-refractivity contribution >= 4 is 5.78 Å². The fraction of sp³-hybridized carbons (Fsp3) is 0.286. The molecule has 4 aromatic carbocycles. The molecule has 3 heteroatoms. The van der Waals surface area contributed by atoms with Crippen molar-refractivity contribution in [2.75, 3.05) is 13.2 Å². The minimum Gasteiger partial charge on any atom is -0.369 e. The van der Waals surface area contributed by atoms with Gasteiger partial charge in [-0.3, -0.25) is 4.79 Å². The van der Waals surface area contributed by atoms with Crippen molar-refractivity contribution in [3.05, 3.63) is 143 Å². The van der Waals surface area contributed by atoms with Crippen molar-refractivity contribution in [3.63, 3.8) is 0 Å². The Morgan fingerprint density at radius 1 is 0.553 bits per heavy atom. The van der Waals surface area contributed by atoms with Crippen LogP contribution in [0.15, 0.2) is 109 Å². The summed E-state index contributed by atoms with van der Waals surface area (Å²) < 4.78 is 12.8. The zero-order valence-corrected chi connectivity index (χ0v) is 22.5. The first kappa shape index (κ1) is 27.5. The van der Waals surface area contributed by atoms with Crippen LogP contribution in [0.5, 0.6) is 0 Å². The predicted octanol–water partition coefficient (Wildman–Crippen LogP) is 8.73. The molecular formula is C35H38O3. The second-order valence-corrected chi connectivity index (χ2v) is 9.53. The first-order chi connectivity index (χ1) is 18.7. The fourth-order valence-corrected chi connectivity index (χ4v) is 4.69. The maximum Gasteiger partial charge on any atom is 0.193 e. The Kier molecular flexibility index (Phi) is 10.4. The number of carbonyl (C=O) groups is 1. The highest BCUT2D eigenvalue weighted by Gasteiger charge is 2.26. The Bertz CT molecular complexity index is 1170. The van der Waals surface area contributed by atoms with Gasteiger partial charge in [-0.2, -0.15) is 0 Å². The molecule has 0 aromatic heterocycles. The Labute approximate surface area is 227 Å². The van der Waals surface area contributed by atoms with E-state index in [1.807, 2.05) is 84.9 Å². The van der Waals surface area contributed by atoms with Gasteiger partial charge in [-0.15, -0.1) is 0 Å². The lowest BCUT2D eigenvalue weighted by molar-refractivity contribution is 0.0750. The molecule has 0 aliphatic heterocycles. The van der Waals surface area contributed by atoms with Crippen molar-refractivity contribution in [2.45, 2.75) is 51.7 Å². The van der Waals surface area contributed by atoms with Crippen LogP contribution in [-0.4, -0.2) is 19.0 Å². The first-order valence-corrected chi connectivity index (χ1v) is 13.8. The van der Waals surface area contributed by atoms with Crippen LogP contribution < -0.4 is 0 Å². The fourth-order valence-electron chi connectivity index (χ4n) is 4.69. The quantitative estimate of drug-likeness (QED) is 0.127. The Balaban J connectivity index is 1.76. The highest BCUT2D eigenvalue weighted by atomic mass is 16.5. The third kappa shape index (κ3) is 6.86. The molecule has 0 N–H and O–H groups in total. The summed E-state index contributed by atoms with van der Waals surface area (Å²) in [6, 6.07) is 36.1. The highest BCUT2D eigenvalue weighted by molar-refractivity contribution is 6.11. The second-order valence-electron chi connectivity index (χ2n) is 9.53. The van der Waals surface area contributed by atoms with Gasteiger partial charge in [0, 0.05) is 24.3 Å². The van der Waals surface area contributed by atoms with Crippen molar-refractivity contribution in [1.29, 1.82) is 0 Å². The standard InChI is InChI=1S/C35H38O3/c1-3-5-25-37-34(27-17-9-7-10-18-27)31-23-15-13-21-29(31)33(36)30-22-14-16-24-32(30)35(38-26-6-4-2)28-19-11-8-12-20-28/h7-24,34-35H,3-6,25-26H2,1-2H3. The largest absolute Gasteiger partial charge is 0.369 e. The van der Waals surface area contributed by atoms with Crippen molar-refractivity contribution in [2.24, 2.45) is 0 Å². The first-order valence-electron chi connectivity index (χ1n) is 13.8. The Morgan fingerprint density at radius 3 is 1.32 bits per heavy atom. The van der Waals surface area contributed by atoms with Gasteiger partial charge < -0.3 is 9.47 Å². The number of unbranched alkanes of at least 4 members (excludes halogenated alkanes) is 2. The van der Waals surface area contributed by atoms with E-state index in [2.05, 4.69) is 38.1 Å². The predicted molar refractivity (Wildman–Crippen MR) is 155 cm³/mol. The number of carbonyl (C=O) groups excluding carboxylic acids is 1. The number of ketones is 1. The van der Waals surface area contributed by atoms with E-state index in [0.717, 1.165) is 47.9 Å². The molecule has 0 saturated carbocycles. The van der Waals surface area contributed by atoms with E-state index in [4.69, 9.17) is 9.47 Å². The monoisotopic (exact) mass is 506 g/mol. The van der Waals surface area contributed by atoms with Crippen LogP contribution in [0, 0.1) is 0 Å². The molecule has 196 valence electrons. The van der Waals surface area contributed by atoms with Gasteiger partial charge in [-0.05, 0) is 35.1 Å². The van der Waals surface area contributed by atoms with Gasteiger partial charge in [0.25, 0.3) is 0 Å². The topological polar surface area (TPSA) is 35.5 Å². The highest BCUT2D eigenvalue weighted by Crippen LogP contribution is 2.34. The summed E-state index contributed by atoms with van der Waals surface area (Å²) in [6.07, 6.45) is 3.40. The molecule has 4 aromatic rings. The second kappa shape index (κ2) is 14.4. The SMILES string of the molecule is CCCCOC(c1ccccc1)c1ccccc1C(=O)c1ccccc1C(OCCCC)c1ccccc1. The molecule has 4 rings (SSSR count). The van der Waals surface area contributed by atoms with Crippen molar-refractivity contribution in [3.8, 4) is 0 Å². The summed E-state index contributed by atoms with van der Waals surface area (Å²) in [4.78, 5) is 14.3. The molecule has 0 bridgehead atoms. The molecular weight excluding hydrogens is 468 g/mol. The average molecular weight is 507 g/mol. The van der Waals surface area contributed by atoms with E-state index in [9.17, 15) is 4.79 Å². The lowest BCUT2D eigenvalue weighted by Crippen LogP contribution is -2.16. The van der Waals surface area contributed by atoms with Gasteiger partial charge in [-0.1, -0.05) is 136 Å². The van der Waals surface area contributed by atoms with E-state index in [1.165, 1.54) is 0 Å². The average Bonchev–Trinajstić information content (AvgIpc) is 2.98. The van der Waals surface area contributed by atoms with Gasteiger partial charge >= 0.3 is 0 Å². The van der Waals surface area contributed by atoms with Gasteiger partial charge in [0.2, 0.25) is 0 Å². The lowest BCUT2D eigenvalue weighted by Gasteiger charge is -2.24. The van der Waals surface area contributed by atoms with Gasteiger partial charge in [0.15, 0.2) is 5.78 Å². The van der Waals surface area contributed by atoms with E-state index in [0.29, 0.717) is 24.3 Å². The number of ether oxygens (including phenoxy) is 2. The third-order valence-electron chi connectivity index (χ3n) is 6.75. The molecule has 0 amide bonds. The van der Waals surface area contributed by atoms with E-state index in [-0.39, 0.29) is 18.0 Å². The zero-order valence-electron chi connectivity index (χ0n) is 22.5. The third-order valence-corrected chi connectivity index (χ3v) is 6.75. The summed E-state index contributed by atoms with van der Waals surface area (Å²) in [7, 11) is 0. The Hall–Kier alpha value is -3.53. The molecule has 0 heterocycles. The van der Waals surface area contributed by atoms with Crippen LogP contribution in [0.2, 0.25) is 0 Å². The molecule has 0 radical (unpaired) electrons. The maximum absolute atomic E-state index is 14.3. The molecule has 0 spiro atoms. The van der Waals surface area contributed by atoms with Crippen molar-refractivity contribution < 1.29 is 14.3 Å². The summed E-state index contributed by atoms with van der Waals surface area (Å²) >= 11 is 0. The maximum atomic E-state index is 14.3. The summed E-state index contributed by atoms with van der Waals surface area (Å²) in [5.74, 6) is -0.0174. The Morgan fingerprint density at radius 2 is 0.921 bits per heavy atom. The van der Waals surface area contributed by atoms with Crippen LogP contribution in [0.25, 0.3) is 0 Å². The molecule has 0 fully saturated rings. The zero-order chi connectivity index (χ0) is 26.6. The normalized spacial score (nSPS) is 12.7. The van der Waals surface area contributed by atoms with E-state index in [1.54, 1.807) is 0 Å². The number of hydrogen-bond donors (Lipinski definition) is 0. The van der Waals surface area contributed by atoms with Gasteiger partial charge in [0.1, 0.15) is 12.2 Å². The van der Waals surface area contributed by atoms with Crippen LogP contribution in [0.3, 0.4) is 0 Å². The van der Waals surface area contributed by atoms with Crippen LogP contribution in [0.1, 0.15) is 89.9 Å². The number of benzene rings is 4. The van der Waals surface area contributed by atoms with Crippen LogP contribution >= 0.6 is 0 Å². The minimum atomic E-state index is -0.319. The number of rotatable bonds is 14. The van der Waals surface area contributed by atoms with Crippen LogP contribution in [0.4, 0.5) is 0 Å². The molecule has 2 atom stereocenters. The minimum absolute atomic E-state index is 0.0174. The van der Waals surface area contributed by atoms with E-state index >= 15 is 0 Å². The number of hydrogen-bond acceptors (Lipinski definition) is 3. The summed E-state index contributed by atoms with van der Waals surface area (Å²) in [6.45, 7) is 5.58.